The van der Waals surface area contributed by atoms with Gasteiger partial charge in [-0.25, -0.2) is 14.4 Å². The normalized spacial score (nSPS) is 22.0. The van der Waals surface area contributed by atoms with Crippen molar-refractivity contribution in [2.75, 3.05) is 13.2 Å². The number of rotatable bonds is 5. The Balaban J connectivity index is 2.47. The Kier molecular flexibility index (Phi) is 11.6. The molecule has 0 spiro atoms. The van der Waals surface area contributed by atoms with Crippen LogP contribution in [0, 0.1) is 11.8 Å². The number of hydrogen-bond donors (Lipinski definition) is 0. The molecular formula is C30H42F3NO9. The quantitative estimate of drug-likeness (QED) is 0.292. The summed E-state index contributed by atoms with van der Waals surface area (Å²) in [4.78, 5) is 52.9. The fourth-order valence-electron chi connectivity index (χ4n) is 4.11. The monoisotopic (exact) mass is 617 g/mol. The fourth-order valence-corrected chi connectivity index (χ4v) is 4.11. The Labute approximate surface area is 250 Å². The highest BCUT2D eigenvalue weighted by atomic mass is 19.4. The van der Waals surface area contributed by atoms with Crippen molar-refractivity contribution in [2.24, 2.45) is 11.8 Å². The van der Waals surface area contributed by atoms with Crippen molar-refractivity contribution in [1.82, 2.24) is 4.90 Å². The third-order valence-corrected chi connectivity index (χ3v) is 6.10. The molecule has 0 aliphatic carbocycles. The van der Waals surface area contributed by atoms with E-state index in [-0.39, 0.29) is 13.0 Å². The van der Waals surface area contributed by atoms with Gasteiger partial charge in [0.1, 0.15) is 23.4 Å². The number of carbonyl (C=O) groups is 4. The van der Waals surface area contributed by atoms with Gasteiger partial charge in [0.15, 0.2) is 6.04 Å². The number of carbonyl (C=O) groups excluding carboxylic acids is 4. The zero-order valence-corrected chi connectivity index (χ0v) is 26.1. The fraction of sp³-hybridized carbons (Fsp3) is 0.667. The number of alkyl halides is 3. The van der Waals surface area contributed by atoms with Crippen molar-refractivity contribution < 1.29 is 56.0 Å². The number of benzene rings is 1. The molecule has 0 saturated carbocycles. The molecule has 0 aromatic heterocycles. The minimum Gasteiger partial charge on any atom is -0.458 e. The van der Waals surface area contributed by atoms with Gasteiger partial charge in [0.25, 0.3) is 0 Å². The molecule has 13 heteroatoms. The van der Waals surface area contributed by atoms with E-state index in [0.29, 0.717) is 10.5 Å². The number of imide groups is 1. The minimum absolute atomic E-state index is 0.0998. The molecule has 10 nitrogen and oxygen atoms in total. The predicted octanol–water partition coefficient (Wildman–Crippen LogP) is 5.93. The lowest BCUT2D eigenvalue weighted by molar-refractivity contribution is -0.174. The largest absolute Gasteiger partial charge is 0.458 e. The van der Waals surface area contributed by atoms with Crippen LogP contribution in [0.1, 0.15) is 73.4 Å². The maximum Gasteiger partial charge on any atom is 0.420 e. The van der Waals surface area contributed by atoms with Crippen molar-refractivity contribution in [3.05, 3.63) is 35.4 Å². The first-order chi connectivity index (χ1) is 19.6. The highest BCUT2D eigenvalue weighted by molar-refractivity contribution is 5.94. The van der Waals surface area contributed by atoms with Crippen LogP contribution in [-0.2, 0) is 45.9 Å². The van der Waals surface area contributed by atoms with E-state index in [2.05, 4.69) is 0 Å². The van der Waals surface area contributed by atoms with Gasteiger partial charge in [0.2, 0.25) is 0 Å². The van der Waals surface area contributed by atoms with Crippen molar-refractivity contribution in [2.45, 2.75) is 104 Å². The van der Waals surface area contributed by atoms with Crippen LogP contribution in [0.2, 0.25) is 0 Å². The smallest absolute Gasteiger partial charge is 0.420 e. The summed E-state index contributed by atoms with van der Waals surface area (Å²) in [5.74, 6) is -2.85. The maximum atomic E-state index is 13.5. The van der Waals surface area contributed by atoms with Gasteiger partial charge in [-0.3, -0.25) is 4.79 Å². The molecule has 0 radical (unpaired) electrons. The number of hydrogen-bond acceptors (Lipinski definition) is 9. The molecule has 1 heterocycles. The van der Waals surface area contributed by atoms with E-state index < -0.39 is 83.8 Å². The van der Waals surface area contributed by atoms with E-state index in [1.165, 1.54) is 19.1 Å². The average Bonchev–Trinajstić information content (AvgIpc) is 2.87. The molecule has 2 rings (SSSR count). The van der Waals surface area contributed by atoms with Crippen molar-refractivity contribution in [3.63, 3.8) is 0 Å². The first-order valence-corrected chi connectivity index (χ1v) is 14.0. The van der Waals surface area contributed by atoms with E-state index in [9.17, 15) is 32.3 Å². The standard InChI is InChI=1S/C30H42F3NO9/c1-17(2)24(35)41-23-18(3)40-25(36)22(34(26(37)42-28(4,5)6)27(38)43-29(7,8)9)16-39-15-20(23)14-19-10-12-21(13-11-19)30(31,32)33/h10-13,17-18,20,22-23H,14-16H2,1-9H3/t18-,20-,22-,23-/m0/s1. The third-order valence-electron chi connectivity index (χ3n) is 6.10. The van der Waals surface area contributed by atoms with Gasteiger partial charge in [-0.2, -0.15) is 18.1 Å². The highest BCUT2D eigenvalue weighted by Gasteiger charge is 2.45. The Morgan fingerprint density at radius 3 is 1.88 bits per heavy atom. The van der Waals surface area contributed by atoms with E-state index in [0.717, 1.165) is 12.1 Å². The van der Waals surface area contributed by atoms with E-state index in [4.69, 9.17) is 23.7 Å². The molecule has 242 valence electrons. The Morgan fingerprint density at radius 2 is 1.44 bits per heavy atom. The van der Waals surface area contributed by atoms with Gasteiger partial charge in [-0.05, 0) is 72.6 Å². The van der Waals surface area contributed by atoms with Crippen LogP contribution in [0.25, 0.3) is 0 Å². The Bertz CT molecular complexity index is 1110. The summed E-state index contributed by atoms with van der Waals surface area (Å²) in [7, 11) is 0. The topological polar surface area (TPSA) is 118 Å². The molecule has 0 bridgehead atoms. The number of ether oxygens (including phenoxy) is 5. The number of cyclic esters (lactones) is 1. The van der Waals surface area contributed by atoms with E-state index in [1.807, 2.05) is 0 Å². The molecule has 1 aliphatic rings. The summed E-state index contributed by atoms with van der Waals surface area (Å²) in [6, 6.07) is 2.88. The first kappa shape index (κ1) is 35.8. The van der Waals surface area contributed by atoms with Crippen LogP contribution in [0.15, 0.2) is 24.3 Å². The molecule has 0 unspecified atom stereocenters. The molecule has 43 heavy (non-hydrogen) atoms. The molecular weight excluding hydrogens is 575 g/mol. The molecule has 0 N–H and O–H groups in total. The SMILES string of the molecule is CC(C)C(=O)O[C@@H]1[C@@H](Cc2ccc(C(F)(F)F)cc2)COC[C@H](N(C(=O)OC(C)(C)C)C(=O)OC(C)(C)C)C(=O)O[C@H]1C. The van der Waals surface area contributed by atoms with Crippen LogP contribution in [0.4, 0.5) is 22.8 Å². The summed E-state index contributed by atoms with van der Waals surface area (Å²) >= 11 is 0. The second kappa shape index (κ2) is 14.0. The van der Waals surface area contributed by atoms with Gasteiger partial charge in [-0.15, -0.1) is 0 Å². The summed E-state index contributed by atoms with van der Waals surface area (Å²) in [5.41, 5.74) is -2.39. The zero-order valence-electron chi connectivity index (χ0n) is 26.1. The van der Waals surface area contributed by atoms with Crippen LogP contribution >= 0.6 is 0 Å². The maximum absolute atomic E-state index is 13.5. The van der Waals surface area contributed by atoms with E-state index >= 15 is 0 Å². The summed E-state index contributed by atoms with van der Waals surface area (Å²) < 4.78 is 67.2. The highest BCUT2D eigenvalue weighted by Crippen LogP contribution is 2.31. The van der Waals surface area contributed by atoms with Crippen molar-refractivity contribution >= 4 is 24.1 Å². The second-order valence-corrected chi connectivity index (χ2v) is 12.7. The van der Waals surface area contributed by atoms with Gasteiger partial charge >= 0.3 is 30.3 Å². The lowest BCUT2D eigenvalue weighted by atomic mass is 9.91. The average molecular weight is 618 g/mol. The number of amides is 2. The zero-order chi connectivity index (χ0) is 32.9. The number of esters is 2. The number of halogens is 3. The first-order valence-electron chi connectivity index (χ1n) is 14.0. The van der Waals surface area contributed by atoms with Gasteiger partial charge in [0, 0.05) is 5.92 Å². The lowest BCUT2D eigenvalue weighted by Crippen LogP contribution is -2.54. The van der Waals surface area contributed by atoms with Crippen LogP contribution < -0.4 is 0 Å². The molecule has 4 atom stereocenters. The van der Waals surface area contributed by atoms with Crippen molar-refractivity contribution in [1.29, 1.82) is 0 Å². The predicted molar refractivity (Wildman–Crippen MR) is 148 cm³/mol. The van der Waals surface area contributed by atoms with Crippen LogP contribution in [0.5, 0.6) is 0 Å². The molecule has 1 saturated heterocycles. The molecule has 1 fully saturated rings. The minimum atomic E-state index is -4.51. The molecule has 2 amide bonds. The van der Waals surface area contributed by atoms with Crippen molar-refractivity contribution in [3.8, 4) is 0 Å². The molecule has 1 aliphatic heterocycles. The molecule has 1 aromatic rings. The lowest BCUT2D eigenvalue weighted by Gasteiger charge is -2.32. The second-order valence-electron chi connectivity index (χ2n) is 12.7. The Morgan fingerprint density at radius 1 is 0.930 bits per heavy atom. The molecule has 1 aromatic carbocycles. The van der Waals surface area contributed by atoms with Crippen LogP contribution in [0.3, 0.4) is 0 Å². The Hall–Kier alpha value is -3.35. The van der Waals surface area contributed by atoms with Crippen LogP contribution in [-0.4, -0.2) is 71.7 Å². The summed E-state index contributed by atoms with van der Waals surface area (Å²) in [5, 5.41) is 0. The van der Waals surface area contributed by atoms with Gasteiger partial charge < -0.3 is 23.7 Å². The van der Waals surface area contributed by atoms with Gasteiger partial charge in [0.05, 0.1) is 24.7 Å². The summed E-state index contributed by atoms with van der Waals surface area (Å²) in [6.07, 6.45) is -8.91. The van der Waals surface area contributed by atoms with Gasteiger partial charge in [-0.1, -0.05) is 26.0 Å². The third kappa shape index (κ3) is 11.0. The summed E-state index contributed by atoms with van der Waals surface area (Å²) in [6.45, 7) is 13.5. The van der Waals surface area contributed by atoms with E-state index in [1.54, 1.807) is 55.4 Å². The number of nitrogens with zero attached hydrogens (tertiary/aromatic N) is 1.